The largest absolute Gasteiger partial charge is 0.321 e. The topological polar surface area (TPSA) is 46.2 Å². The average molecular weight is 350 g/mol. The Morgan fingerprint density at radius 1 is 1.18 bits per heavy atom. The van der Waals surface area contributed by atoms with Gasteiger partial charge >= 0.3 is 0 Å². The van der Waals surface area contributed by atoms with Crippen molar-refractivity contribution < 1.29 is 9.00 Å². The van der Waals surface area contributed by atoms with E-state index in [2.05, 4.69) is 5.32 Å². The molecule has 0 radical (unpaired) electrons. The van der Waals surface area contributed by atoms with Gasteiger partial charge < -0.3 is 5.32 Å². The van der Waals surface area contributed by atoms with Crippen molar-refractivity contribution in [1.82, 2.24) is 0 Å². The highest BCUT2D eigenvalue weighted by Crippen LogP contribution is 2.35. The van der Waals surface area contributed by atoms with E-state index in [0.29, 0.717) is 20.5 Å². The number of carbonyl (C=O) groups is 1. The summed E-state index contributed by atoms with van der Waals surface area (Å²) < 4.78 is 12.5. The second-order valence-corrected chi connectivity index (χ2v) is 7.49. The van der Waals surface area contributed by atoms with Crippen molar-refractivity contribution in [2.75, 3.05) is 11.6 Å². The standard InChI is InChI=1S/C16H12ClNO2S2/c1-22(20)11-6-4-5-10(9-11)18-16(19)15-14(17)12-7-2-3-8-13(12)21-15/h2-9H,1H3,(H,18,19). The van der Waals surface area contributed by atoms with Crippen molar-refractivity contribution in [2.24, 2.45) is 0 Å². The van der Waals surface area contributed by atoms with Crippen molar-refractivity contribution in [2.45, 2.75) is 4.90 Å². The minimum absolute atomic E-state index is 0.259. The third-order valence-electron chi connectivity index (χ3n) is 3.16. The van der Waals surface area contributed by atoms with Crippen LogP contribution in [-0.2, 0) is 10.8 Å². The molecule has 0 aliphatic rings. The summed E-state index contributed by atoms with van der Waals surface area (Å²) in [6, 6.07) is 14.6. The number of amides is 1. The summed E-state index contributed by atoms with van der Waals surface area (Å²) in [5, 5.41) is 4.15. The third-order valence-corrected chi connectivity index (χ3v) is 5.76. The van der Waals surface area contributed by atoms with Gasteiger partial charge in [-0.05, 0) is 24.3 Å². The van der Waals surface area contributed by atoms with Gasteiger partial charge in [-0.3, -0.25) is 9.00 Å². The Morgan fingerprint density at radius 3 is 2.68 bits per heavy atom. The maximum absolute atomic E-state index is 12.4. The van der Waals surface area contributed by atoms with Crippen LogP contribution in [0.15, 0.2) is 53.4 Å². The zero-order chi connectivity index (χ0) is 15.7. The van der Waals surface area contributed by atoms with Crippen LogP contribution >= 0.6 is 22.9 Å². The van der Waals surface area contributed by atoms with Crippen LogP contribution < -0.4 is 5.32 Å². The van der Waals surface area contributed by atoms with Crippen molar-refractivity contribution in [3.8, 4) is 0 Å². The molecular weight excluding hydrogens is 338 g/mol. The summed E-state index contributed by atoms with van der Waals surface area (Å²) >= 11 is 7.66. The lowest BCUT2D eigenvalue weighted by molar-refractivity contribution is 0.103. The maximum Gasteiger partial charge on any atom is 0.267 e. The Bertz CT molecular complexity index is 889. The van der Waals surface area contributed by atoms with Crippen molar-refractivity contribution in [3.05, 3.63) is 58.4 Å². The van der Waals surface area contributed by atoms with E-state index in [-0.39, 0.29) is 5.91 Å². The molecule has 0 bridgehead atoms. The highest BCUT2D eigenvalue weighted by atomic mass is 35.5. The fraction of sp³-hybridized carbons (Fsp3) is 0.0625. The van der Waals surface area contributed by atoms with Crippen LogP contribution in [0.5, 0.6) is 0 Å². The van der Waals surface area contributed by atoms with Gasteiger partial charge in [0.25, 0.3) is 5.91 Å². The van der Waals surface area contributed by atoms with Gasteiger partial charge in [-0.25, -0.2) is 0 Å². The molecule has 0 saturated heterocycles. The Kier molecular flexibility index (Phi) is 4.29. The molecule has 1 heterocycles. The summed E-state index contributed by atoms with van der Waals surface area (Å²) in [5.74, 6) is -0.259. The molecule has 6 heteroatoms. The number of benzene rings is 2. The quantitative estimate of drug-likeness (QED) is 0.754. The first-order valence-electron chi connectivity index (χ1n) is 6.48. The number of thiophene rings is 1. The molecule has 1 amide bonds. The highest BCUT2D eigenvalue weighted by molar-refractivity contribution is 7.84. The molecule has 0 spiro atoms. The molecule has 0 saturated carbocycles. The van der Waals surface area contributed by atoms with Gasteiger partial charge in [0, 0.05) is 37.7 Å². The zero-order valence-electron chi connectivity index (χ0n) is 11.6. The fourth-order valence-electron chi connectivity index (χ4n) is 2.10. The van der Waals surface area contributed by atoms with E-state index in [1.807, 2.05) is 24.3 Å². The van der Waals surface area contributed by atoms with E-state index < -0.39 is 10.8 Å². The lowest BCUT2D eigenvalue weighted by Crippen LogP contribution is -2.10. The SMILES string of the molecule is CS(=O)c1cccc(NC(=O)c2sc3ccccc3c2Cl)c1. The minimum Gasteiger partial charge on any atom is -0.321 e. The lowest BCUT2D eigenvalue weighted by Gasteiger charge is -2.05. The summed E-state index contributed by atoms with van der Waals surface area (Å²) in [5.41, 5.74) is 0.603. The molecule has 1 unspecified atom stereocenters. The number of fused-ring (bicyclic) bond motifs is 1. The molecule has 1 aromatic heterocycles. The van der Waals surface area contributed by atoms with Crippen molar-refractivity contribution >= 4 is 55.4 Å². The summed E-state index contributed by atoms with van der Waals surface area (Å²) in [4.78, 5) is 13.6. The van der Waals surface area contributed by atoms with Gasteiger partial charge in [-0.1, -0.05) is 35.9 Å². The molecule has 0 aliphatic carbocycles. The predicted molar refractivity (Wildman–Crippen MR) is 93.6 cm³/mol. The van der Waals surface area contributed by atoms with Crippen LogP contribution in [0.2, 0.25) is 5.02 Å². The number of hydrogen-bond donors (Lipinski definition) is 1. The minimum atomic E-state index is -1.09. The summed E-state index contributed by atoms with van der Waals surface area (Å²) in [6.07, 6.45) is 1.60. The predicted octanol–water partition coefficient (Wildman–Crippen LogP) is 4.54. The van der Waals surface area contributed by atoms with E-state index in [1.165, 1.54) is 11.3 Å². The smallest absolute Gasteiger partial charge is 0.267 e. The molecule has 22 heavy (non-hydrogen) atoms. The average Bonchev–Trinajstić information content (AvgIpc) is 2.85. The first kappa shape index (κ1) is 15.2. The second-order valence-electron chi connectivity index (χ2n) is 4.68. The monoisotopic (exact) mass is 349 g/mol. The van der Waals surface area contributed by atoms with Gasteiger partial charge in [-0.2, -0.15) is 0 Å². The van der Waals surface area contributed by atoms with E-state index in [9.17, 15) is 9.00 Å². The van der Waals surface area contributed by atoms with E-state index >= 15 is 0 Å². The van der Waals surface area contributed by atoms with E-state index in [1.54, 1.807) is 30.5 Å². The molecule has 112 valence electrons. The number of anilines is 1. The number of halogens is 1. The van der Waals surface area contributed by atoms with Crippen LogP contribution in [0, 0.1) is 0 Å². The number of rotatable bonds is 3. The molecule has 1 atom stereocenters. The molecule has 3 nitrogen and oxygen atoms in total. The number of carbonyl (C=O) groups excluding carboxylic acids is 1. The van der Waals surface area contributed by atoms with Crippen LogP contribution in [0.4, 0.5) is 5.69 Å². The van der Waals surface area contributed by atoms with E-state index in [4.69, 9.17) is 11.6 Å². The molecule has 3 aromatic rings. The molecular formula is C16H12ClNO2S2. The first-order chi connectivity index (χ1) is 10.6. The number of hydrogen-bond acceptors (Lipinski definition) is 3. The Labute approximate surface area is 139 Å². The molecule has 1 N–H and O–H groups in total. The van der Waals surface area contributed by atoms with Crippen LogP contribution in [0.3, 0.4) is 0 Å². The Morgan fingerprint density at radius 2 is 1.95 bits per heavy atom. The van der Waals surface area contributed by atoms with Gasteiger partial charge in [0.05, 0.1) is 5.02 Å². The molecule has 0 aliphatic heterocycles. The summed E-state index contributed by atoms with van der Waals surface area (Å²) in [6.45, 7) is 0. The van der Waals surface area contributed by atoms with Crippen molar-refractivity contribution in [1.29, 1.82) is 0 Å². The molecule has 2 aromatic carbocycles. The molecule has 3 rings (SSSR count). The van der Waals surface area contributed by atoms with Gasteiger partial charge in [0.1, 0.15) is 4.88 Å². The zero-order valence-corrected chi connectivity index (χ0v) is 14.0. The molecule has 0 fully saturated rings. The fourth-order valence-corrected chi connectivity index (χ4v) is 4.08. The maximum atomic E-state index is 12.4. The second kappa shape index (κ2) is 6.20. The van der Waals surface area contributed by atoms with Crippen LogP contribution in [-0.4, -0.2) is 16.4 Å². The Hall–Kier alpha value is -1.69. The first-order valence-corrected chi connectivity index (χ1v) is 9.23. The van der Waals surface area contributed by atoms with Gasteiger partial charge in [0.15, 0.2) is 0 Å². The van der Waals surface area contributed by atoms with Crippen LogP contribution in [0.1, 0.15) is 9.67 Å². The summed E-state index contributed by atoms with van der Waals surface area (Å²) in [7, 11) is -1.09. The van der Waals surface area contributed by atoms with Crippen LogP contribution in [0.25, 0.3) is 10.1 Å². The number of nitrogens with one attached hydrogen (secondary N) is 1. The lowest BCUT2D eigenvalue weighted by atomic mass is 10.2. The highest BCUT2D eigenvalue weighted by Gasteiger charge is 2.17. The van der Waals surface area contributed by atoms with Crippen molar-refractivity contribution in [3.63, 3.8) is 0 Å². The third kappa shape index (κ3) is 2.92. The normalized spacial score (nSPS) is 12.3. The van der Waals surface area contributed by atoms with E-state index in [0.717, 1.165) is 10.1 Å². The van der Waals surface area contributed by atoms with Gasteiger partial charge in [-0.15, -0.1) is 11.3 Å². The Balaban J connectivity index is 1.92. The van der Waals surface area contributed by atoms with Gasteiger partial charge in [0.2, 0.25) is 0 Å².